The highest BCUT2D eigenvalue weighted by Gasteiger charge is 2.58. The second kappa shape index (κ2) is 29.9. The second-order valence-corrected chi connectivity index (χ2v) is 46.9. The normalized spacial score (nSPS) is 14.8. The van der Waals surface area contributed by atoms with E-state index < -0.39 is 66.0 Å². The summed E-state index contributed by atoms with van der Waals surface area (Å²) in [4.78, 5) is 55.8. The molecule has 0 aliphatic carbocycles. The summed E-state index contributed by atoms with van der Waals surface area (Å²) in [5.41, 5.74) is 1.98. The maximum Gasteiger partial charge on any atom is 0.582 e. The van der Waals surface area contributed by atoms with E-state index in [9.17, 15) is 61.5 Å². The first-order chi connectivity index (χ1) is 51.7. The smallest absolute Gasteiger partial charge is 0.469 e. The number of methoxy groups -OCH3 is 2. The van der Waals surface area contributed by atoms with Crippen molar-refractivity contribution in [2.45, 2.75) is 173 Å². The van der Waals surface area contributed by atoms with Crippen LogP contribution in [0.2, 0.25) is 38.3 Å². The zero-order chi connectivity index (χ0) is 77.3. The molecule has 0 amide bonds. The molecule has 109 heavy (non-hydrogen) atoms. The molecular weight excluding hydrogens is 1530 g/mol. The summed E-state index contributed by atoms with van der Waals surface area (Å²) < 4.78 is 177. The maximum absolute atomic E-state index is 13.2. The standard InChI is InChI=1S/C76H82N8O18S4Si3/c1-99-67(85)23-19-15-11-7-9-13-17-21-33-107(3,4)101-109(102-108(5,6)34-22-18-14-10-8-12-16-20-24-68(86)100-2)83-74-63-41-49-27-31-57(105(93,94)95)37-53(49)45-65(63)75(83)79-69-59-39-47-25-29-55(103(87,88)89)35-51(47)43-61(59)71(77-69)81-73-64-42-50-28-32-58(106(96,97)98)38-54(50)46-66(64)76(84(73)109)80-70-60-40-48-26-30-56(104(90,91)92)36-52(48)44-62(60)72(78-70)82-74/h25-32,35-46H,7-24,33-34H2,1-6H3,(H,87,88,89)(H,90,91,92)(H,93,94,95)(H,96,97,98). The number of hydrogen-bond acceptors (Lipinski definition) is 20. The highest BCUT2D eigenvalue weighted by Crippen LogP contribution is 2.48. The molecular formula is C76H82N8O18S4Si3. The summed E-state index contributed by atoms with van der Waals surface area (Å²) >= 11 is 0. The van der Waals surface area contributed by atoms with Crippen molar-refractivity contribution in [2.75, 3.05) is 14.2 Å². The Balaban J connectivity index is 1.09. The van der Waals surface area contributed by atoms with Crippen molar-refractivity contribution in [1.82, 2.24) is 8.47 Å². The fourth-order valence-electron chi connectivity index (χ4n) is 15.2. The zero-order valence-corrected chi connectivity index (χ0v) is 67.2. The van der Waals surface area contributed by atoms with Crippen molar-refractivity contribution in [3.05, 3.63) is 155 Å². The monoisotopic (exact) mass is 1610 g/mol. The minimum absolute atomic E-state index is 0.0873. The molecule has 0 spiro atoms. The van der Waals surface area contributed by atoms with Gasteiger partial charge in [-0.2, -0.15) is 33.7 Å². The van der Waals surface area contributed by atoms with E-state index in [1.807, 2.05) is 20.6 Å². The van der Waals surface area contributed by atoms with E-state index >= 15 is 0 Å². The van der Waals surface area contributed by atoms with E-state index in [1.54, 1.807) is 60.7 Å². The van der Waals surface area contributed by atoms with Gasteiger partial charge in [-0.15, -0.1) is 0 Å². The van der Waals surface area contributed by atoms with Crippen LogP contribution in [0, 0.1) is 0 Å². The maximum atomic E-state index is 13.2. The molecule has 4 aliphatic rings. The highest BCUT2D eigenvalue weighted by molar-refractivity contribution is 7.86. The van der Waals surface area contributed by atoms with Crippen LogP contribution < -0.4 is 11.0 Å². The van der Waals surface area contributed by atoms with E-state index in [0.29, 0.717) is 112 Å². The zero-order valence-electron chi connectivity index (χ0n) is 60.9. The average Bonchev–Trinajstić information content (AvgIpc) is 1.52. The molecule has 14 rings (SSSR count). The highest BCUT2D eigenvalue weighted by atomic mass is 32.2. The van der Waals surface area contributed by atoms with Gasteiger partial charge in [-0.05, 0) is 191 Å². The Bertz CT molecular complexity index is 6210. The summed E-state index contributed by atoms with van der Waals surface area (Å²) in [7, 11) is -28.1. The average molecular weight is 1610 g/mol. The number of fused-ring (bicyclic) bond motifs is 18. The molecule has 570 valence electrons. The lowest BCUT2D eigenvalue weighted by molar-refractivity contribution is -0.141. The number of esters is 2. The second-order valence-electron chi connectivity index (χ2n) is 29.5. The number of unbranched alkanes of at least 4 members (excludes halogenated alkanes) is 14. The molecule has 8 aromatic carbocycles. The van der Waals surface area contributed by atoms with Gasteiger partial charge >= 0.3 is 20.8 Å². The molecule has 10 aromatic rings. The summed E-state index contributed by atoms with van der Waals surface area (Å²) in [5.74, 6) is 0.280. The van der Waals surface area contributed by atoms with Crippen LogP contribution in [0.4, 0.5) is 11.6 Å². The number of carbonyl (C=O) groups excluding carboxylic acids is 2. The van der Waals surface area contributed by atoms with E-state index in [-0.39, 0.29) is 77.5 Å². The van der Waals surface area contributed by atoms with Gasteiger partial charge in [0.05, 0.1) is 33.8 Å². The third-order valence-corrected chi connectivity index (χ3v) is 35.7. The van der Waals surface area contributed by atoms with Gasteiger partial charge in [-0.25, -0.2) is 30.0 Å². The van der Waals surface area contributed by atoms with Gasteiger partial charge in [-0.3, -0.25) is 36.3 Å². The molecule has 26 nitrogen and oxygen atoms in total. The fourth-order valence-corrected chi connectivity index (χ4v) is 30.0. The fraction of sp³-hybridized carbons (Fsp3) is 0.342. The molecule has 0 atom stereocenters. The van der Waals surface area contributed by atoms with Gasteiger partial charge in [-0.1, -0.05) is 114 Å². The van der Waals surface area contributed by atoms with Crippen LogP contribution in [-0.2, 0) is 67.8 Å². The molecule has 0 fully saturated rings. The lowest BCUT2D eigenvalue weighted by Crippen LogP contribution is -2.70. The summed E-state index contributed by atoms with van der Waals surface area (Å²) in [5, 5.41) is 5.15. The Morgan fingerprint density at radius 2 is 0.624 bits per heavy atom. The third kappa shape index (κ3) is 15.9. The molecule has 2 aromatic heterocycles. The van der Waals surface area contributed by atoms with Crippen molar-refractivity contribution in [2.24, 2.45) is 30.0 Å². The minimum Gasteiger partial charge on any atom is -0.469 e. The molecule has 4 N–H and O–H groups in total. The number of carbonyl (C=O) groups is 2. The van der Waals surface area contributed by atoms with Crippen molar-refractivity contribution < 1.29 is 79.2 Å². The lowest BCUT2D eigenvalue weighted by Gasteiger charge is -2.43. The van der Waals surface area contributed by atoms with Crippen molar-refractivity contribution in [3.8, 4) is 0 Å². The Labute approximate surface area is 633 Å². The van der Waals surface area contributed by atoms with Gasteiger partial charge in [0, 0.05) is 56.6 Å². The van der Waals surface area contributed by atoms with Crippen LogP contribution in [-0.4, -0.2) is 135 Å². The van der Waals surface area contributed by atoms with Crippen LogP contribution in [0.25, 0.3) is 64.6 Å². The van der Waals surface area contributed by atoms with Crippen molar-refractivity contribution in [3.63, 3.8) is 0 Å². The summed E-state index contributed by atoms with van der Waals surface area (Å²) in [6.45, 7) is 8.56. The van der Waals surface area contributed by atoms with Crippen LogP contribution in [0.3, 0.4) is 0 Å². The number of aromatic nitrogens is 2. The van der Waals surface area contributed by atoms with Gasteiger partial charge in [0.2, 0.25) is 0 Å². The van der Waals surface area contributed by atoms with Gasteiger partial charge in [0.25, 0.3) is 40.5 Å². The predicted molar refractivity (Wildman–Crippen MR) is 424 cm³/mol. The predicted octanol–water partition coefficient (Wildman–Crippen LogP) is 14.8. The van der Waals surface area contributed by atoms with E-state index in [4.69, 9.17) is 47.7 Å². The van der Waals surface area contributed by atoms with Crippen LogP contribution in [0.15, 0.2) is 171 Å². The minimum atomic E-state index is -5.16. The topological polar surface area (TPSA) is 373 Å². The van der Waals surface area contributed by atoms with E-state index in [0.717, 1.165) is 103 Å². The van der Waals surface area contributed by atoms with E-state index in [2.05, 4.69) is 26.2 Å². The molecule has 0 unspecified atom stereocenters. The SMILES string of the molecule is COC(=O)CCCCCCCCCC[Si](C)(C)O[Si]1(O[Si](C)(C)CCCCCCCCCCC(=O)OC)n2c3c4cc5cc(S(=O)(=O)O)ccc5cc4c2N=C2N=C(N=c4c5cc6cc(S(=O)(=O)O)ccc6cc5c(n41)=NC1=NC(=N3)c3cc4ccc(S(=O)(=O)O)cc4cc31)c1cc3ccc(S(=O)(=O)O)cc3cc12. The van der Waals surface area contributed by atoms with Gasteiger partial charge in [0.1, 0.15) is 22.6 Å². The lowest BCUT2D eigenvalue weighted by atomic mass is 10.0. The van der Waals surface area contributed by atoms with Crippen LogP contribution >= 0.6 is 0 Å². The number of hydrogen-bond donors (Lipinski definition) is 4. The molecule has 4 aliphatic heterocycles. The molecule has 33 heteroatoms. The number of benzene rings is 8. The van der Waals surface area contributed by atoms with Crippen molar-refractivity contribution in [1.29, 1.82) is 0 Å². The quantitative estimate of drug-likeness (QED) is 0.0141. The van der Waals surface area contributed by atoms with Crippen LogP contribution in [0.5, 0.6) is 0 Å². The number of amidine groups is 4. The Kier molecular flexibility index (Phi) is 21.1. The van der Waals surface area contributed by atoms with Gasteiger partial charge < -0.3 is 17.7 Å². The number of ether oxygens (including phenoxy) is 2. The molecule has 6 bridgehead atoms. The molecule has 6 heterocycles. The van der Waals surface area contributed by atoms with Crippen LogP contribution in [0.1, 0.15) is 138 Å². The Morgan fingerprint density at radius 3 is 0.963 bits per heavy atom. The summed E-state index contributed by atoms with van der Waals surface area (Å²) in [6, 6.07) is 32.2. The third-order valence-electron chi connectivity index (χ3n) is 20.7. The number of rotatable bonds is 30. The molecule has 0 radical (unpaired) electrons. The van der Waals surface area contributed by atoms with E-state index in [1.165, 1.54) is 62.8 Å². The Morgan fingerprint density at radius 1 is 0.349 bits per heavy atom. The summed E-state index contributed by atoms with van der Waals surface area (Å²) in [6.07, 6.45) is 14.8. The first kappa shape index (κ1) is 77.1. The Hall–Kier alpha value is -8.69. The first-order valence-corrected chi connectivity index (χ1v) is 50.0. The molecule has 0 saturated carbocycles. The first-order valence-electron chi connectivity index (χ1n) is 36.3. The van der Waals surface area contributed by atoms with Crippen molar-refractivity contribution >= 4 is 178 Å². The number of aliphatic imine (C=N–C) groups is 4. The number of nitrogens with zero attached hydrogens (tertiary/aromatic N) is 8. The largest absolute Gasteiger partial charge is 0.582 e. The molecule has 0 saturated heterocycles. The van der Waals surface area contributed by atoms with Gasteiger partial charge in [0.15, 0.2) is 40.0 Å².